The zero-order valence-electron chi connectivity index (χ0n) is 28.3. The Labute approximate surface area is 331 Å². The van der Waals surface area contributed by atoms with Crippen molar-refractivity contribution in [2.24, 2.45) is 10.3 Å². The van der Waals surface area contributed by atoms with Crippen LogP contribution in [0.25, 0.3) is 22.3 Å². The summed E-state index contributed by atoms with van der Waals surface area (Å²) in [5.74, 6) is -0.304. The molecule has 6 rings (SSSR count). The van der Waals surface area contributed by atoms with Crippen molar-refractivity contribution in [2.45, 2.75) is 31.1 Å². The quantitative estimate of drug-likeness (QED) is 0.121. The lowest BCUT2D eigenvalue weighted by atomic mass is 9.99. The van der Waals surface area contributed by atoms with Gasteiger partial charge in [0.15, 0.2) is 5.78 Å². The van der Waals surface area contributed by atoms with Gasteiger partial charge in [0, 0.05) is 16.7 Å². The minimum atomic E-state index is -4.00. The molecule has 0 aliphatic carbocycles. The zero-order chi connectivity index (χ0) is 38.9. The molecule has 0 aliphatic rings. The molecule has 0 saturated carbocycles. The van der Waals surface area contributed by atoms with Crippen LogP contribution in [-0.2, 0) is 20.0 Å². The first-order valence-corrected chi connectivity index (χ1v) is 19.8. The van der Waals surface area contributed by atoms with Crippen molar-refractivity contribution in [2.75, 3.05) is 0 Å². The maximum Gasteiger partial charge on any atom is 0.252 e. The number of nitrogens with two attached hydrogens (primary N) is 2. The minimum Gasteiger partial charge on any atom is -0.289 e. The fourth-order valence-corrected chi connectivity index (χ4v) is 7.07. The number of rotatable bonds is 7. The molecule has 0 saturated heterocycles. The molecular formula is C41H37Cl3N2O6S2. The number of hydrogen-bond donors (Lipinski definition) is 2. The van der Waals surface area contributed by atoms with Gasteiger partial charge >= 0.3 is 0 Å². The Balaban J connectivity index is 0.000000237. The highest BCUT2D eigenvalue weighted by Gasteiger charge is 2.18. The summed E-state index contributed by atoms with van der Waals surface area (Å²) in [5.41, 5.74) is 7.77. The zero-order valence-corrected chi connectivity index (χ0v) is 32.2. The highest BCUT2D eigenvalue weighted by Crippen LogP contribution is 2.26. The van der Waals surface area contributed by atoms with Crippen LogP contribution >= 0.6 is 34.8 Å². The molecule has 0 spiro atoms. The first kappa shape index (κ1) is 43.8. The summed E-state index contributed by atoms with van der Waals surface area (Å²) in [4.78, 5) is 22.8. The van der Waals surface area contributed by atoms with Gasteiger partial charge in [0.05, 0.1) is 10.0 Å². The predicted octanol–water partition coefficient (Wildman–Crippen LogP) is 9.86. The molecule has 54 heavy (non-hydrogen) atoms. The van der Waals surface area contributed by atoms with Crippen molar-refractivity contribution in [3.63, 3.8) is 0 Å². The second-order valence-corrected chi connectivity index (χ2v) is 15.9. The van der Waals surface area contributed by atoms with Crippen molar-refractivity contribution in [3.8, 4) is 22.3 Å². The SMILES string of the molecule is C.Cc1ccc(-c2ccc(C(=O)c3ccc(Cl)c(S(N)(=O)=O)c3)cc2)cc1.Cc1ccc(-c2ccccc2)cc1.NS(=O)(=O)c1cc(C(=O)Cl)ccc1Cl. The number of halogens is 3. The smallest absolute Gasteiger partial charge is 0.252 e. The van der Waals surface area contributed by atoms with Gasteiger partial charge in [0.1, 0.15) is 9.79 Å². The van der Waals surface area contributed by atoms with E-state index >= 15 is 0 Å². The van der Waals surface area contributed by atoms with Gasteiger partial charge in [-0.05, 0) is 84.1 Å². The third kappa shape index (κ3) is 12.2. The molecule has 4 N–H and O–H groups in total. The second kappa shape index (κ2) is 19.1. The topological polar surface area (TPSA) is 154 Å². The monoisotopic (exact) mass is 822 g/mol. The predicted molar refractivity (Wildman–Crippen MR) is 219 cm³/mol. The Hall–Kier alpha value is -4.65. The van der Waals surface area contributed by atoms with Crippen LogP contribution in [0.1, 0.15) is 44.8 Å². The Kier molecular flexibility index (Phi) is 15.5. The van der Waals surface area contributed by atoms with E-state index < -0.39 is 25.3 Å². The number of benzene rings is 6. The standard InChI is InChI=1S/C20H16ClNO3S.C13H12.C7H5Cl2NO3S.CH4/c1-13-2-4-14(5-3-13)15-6-8-16(9-7-15)20(23)17-10-11-18(21)19(12-17)26(22,24)25;1-11-7-9-13(10-8-11)12-5-3-2-4-6-12;8-5-2-1-4(7(9)11)3-6(5)14(10,12)13;/h2-12H,1H3,(H2,22,24,25);2-10H,1H3;1-3H,(H2,10,12,13);1H4. The number of carbonyl (C=O) groups excluding carboxylic acids is 2. The molecule has 0 amide bonds. The average molecular weight is 824 g/mol. The Bertz CT molecular complexity index is 2460. The van der Waals surface area contributed by atoms with Gasteiger partial charge in [-0.3, -0.25) is 9.59 Å². The Morgan fingerprint density at radius 3 is 1.20 bits per heavy atom. The largest absolute Gasteiger partial charge is 0.289 e. The number of ketones is 1. The summed E-state index contributed by atoms with van der Waals surface area (Å²) in [6.45, 7) is 4.13. The van der Waals surface area contributed by atoms with Crippen LogP contribution in [0.15, 0.2) is 149 Å². The number of primary sulfonamides is 2. The molecule has 0 aliphatic heterocycles. The van der Waals surface area contributed by atoms with Gasteiger partial charge in [-0.25, -0.2) is 27.1 Å². The van der Waals surface area contributed by atoms with E-state index in [-0.39, 0.29) is 44.2 Å². The molecule has 0 unspecified atom stereocenters. The van der Waals surface area contributed by atoms with Gasteiger partial charge < -0.3 is 0 Å². The molecular weight excluding hydrogens is 787 g/mol. The average Bonchev–Trinajstić information content (AvgIpc) is 3.12. The van der Waals surface area contributed by atoms with E-state index in [0.29, 0.717) is 5.56 Å². The Morgan fingerprint density at radius 2 is 0.815 bits per heavy atom. The summed E-state index contributed by atoms with van der Waals surface area (Å²) in [6, 6.07) is 41.9. The molecule has 280 valence electrons. The van der Waals surface area contributed by atoms with E-state index in [1.54, 1.807) is 12.1 Å². The third-order valence-corrected chi connectivity index (χ3v) is 10.7. The van der Waals surface area contributed by atoms with Gasteiger partial charge in [-0.1, -0.05) is 145 Å². The molecule has 0 heterocycles. The molecule has 13 heteroatoms. The number of hydrogen-bond acceptors (Lipinski definition) is 6. The van der Waals surface area contributed by atoms with E-state index in [1.807, 2.05) is 49.4 Å². The normalized spacial score (nSPS) is 10.8. The van der Waals surface area contributed by atoms with Crippen LogP contribution in [0.3, 0.4) is 0 Å². The third-order valence-electron chi connectivity index (χ3n) is 7.66. The maximum absolute atomic E-state index is 12.7. The summed E-state index contributed by atoms with van der Waals surface area (Å²) in [6.07, 6.45) is 0. The lowest BCUT2D eigenvalue weighted by molar-refractivity contribution is 0.103. The molecule has 6 aromatic rings. The van der Waals surface area contributed by atoms with E-state index in [0.717, 1.165) is 17.2 Å². The molecule has 0 fully saturated rings. The molecule has 0 bridgehead atoms. The number of carbonyl (C=O) groups is 2. The summed E-state index contributed by atoms with van der Waals surface area (Å²) in [5, 5.41) is 9.16. The van der Waals surface area contributed by atoms with Crippen molar-refractivity contribution in [3.05, 3.63) is 177 Å². The van der Waals surface area contributed by atoms with Gasteiger partial charge in [0.2, 0.25) is 20.0 Å². The highest BCUT2D eigenvalue weighted by molar-refractivity contribution is 7.89. The van der Waals surface area contributed by atoms with Crippen LogP contribution in [0.2, 0.25) is 10.0 Å². The fraction of sp³-hybridized carbons (Fsp3) is 0.0732. The lowest BCUT2D eigenvalue weighted by Gasteiger charge is -2.07. The van der Waals surface area contributed by atoms with Gasteiger partial charge in [-0.2, -0.15) is 0 Å². The summed E-state index contributed by atoms with van der Waals surface area (Å²) in [7, 11) is -7.93. The highest BCUT2D eigenvalue weighted by atomic mass is 35.5. The molecule has 0 radical (unpaired) electrons. The van der Waals surface area contributed by atoms with Crippen LogP contribution in [-0.4, -0.2) is 27.9 Å². The van der Waals surface area contributed by atoms with Crippen LogP contribution in [0.5, 0.6) is 0 Å². The van der Waals surface area contributed by atoms with E-state index in [1.165, 1.54) is 52.6 Å². The minimum absolute atomic E-state index is 0. The van der Waals surface area contributed by atoms with Crippen LogP contribution in [0, 0.1) is 13.8 Å². The molecule has 8 nitrogen and oxygen atoms in total. The molecule has 0 atom stereocenters. The van der Waals surface area contributed by atoms with Crippen LogP contribution in [0.4, 0.5) is 0 Å². The Morgan fingerprint density at radius 1 is 0.481 bits per heavy atom. The number of sulfonamides is 2. The fourth-order valence-electron chi connectivity index (χ4n) is 4.81. The van der Waals surface area contributed by atoms with Crippen molar-refractivity contribution >= 4 is 65.9 Å². The molecule has 6 aromatic carbocycles. The lowest BCUT2D eigenvalue weighted by Crippen LogP contribution is -2.14. The van der Waals surface area contributed by atoms with Crippen molar-refractivity contribution in [1.29, 1.82) is 0 Å². The first-order chi connectivity index (χ1) is 24.9. The summed E-state index contributed by atoms with van der Waals surface area (Å²) >= 11 is 16.6. The second-order valence-electron chi connectivity index (χ2n) is 11.7. The van der Waals surface area contributed by atoms with E-state index in [2.05, 4.69) is 55.5 Å². The summed E-state index contributed by atoms with van der Waals surface area (Å²) < 4.78 is 45.1. The molecule has 0 aromatic heterocycles. The van der Waals surface area contributed by atoms with E-state index in [4.69, 9.17) is 45.1 Å². The van der Waals surface area contributed by atoms with Gasteiger partial charge in [0.25, 0.3) is 5.24 Å². The van der Waals surface area contributed by atoms with Crippen molar-refractivity contribution < 1.29 is 26.4 Å². The maximum atomic E-state index is 12.7. The van der Waals surface area contributed by atoms with Gasteiger partial charge in [-0.15, -0.1) is 0 Å². The van der Waals surface area contributed by atoms with Crippen LogP contribution < -0.4 is 10.3 Å². The van der Waals surface area contributed by atoms with Crippen molar-refractivity contribution in [1.82, 2.24) is 0 Å². The number of aryl methyl sites for hydroxylation is 2. The first-order valence-electron chi connectivity index (χ1n) is 15.6. The van der Waals surface area contributed by atoms with E-state index in [9.17, 15) is 26.4 Å².